The topological polar surface area (TPSA) is 20.3 Å². The van der Waals surface area contributed by atoms with Gasteiger partial charge in [-0.15, -0.1) is 0 Å². The van der Waals surface area contributed by atoms with Crippen molar-refractivity contribution in [1.82, 2.24) is 4.90 Å². The summed E-state index contributed by atoms with van der Waals surface area (Å²) in [7, 11) is 3.59. The van der Waals surface area contributed by atoms with Crippen LogP contribution < -0.4 is 0 Å². The quantitative estimate of drug-likeness (QED) is 0.697. The highest BCUT2D eigenvalue weighted by Gasteiger charge is 2.11. The van der Waals surface area contributed by atoms with E-state index in [1.165, 1.54) is 18.4 Å². The van der Waals surface area contributed by atoms with Crippen LogP contribution in [0.2, 0.25) is 0 Å². The fraction of sp³-hybridized carbons (Fsp3) is 0.500. The van der Waals surface area contributed by atoms with Gasteiger partial charge < -0.3 is 4.90 Å². The van der Waals surface area contributed by atoms with Gasteiger partial charge in [-0.3, -0.25) is 4.79 Å². The molecular weight excluding hydrogens is 198 g/mol. The summed E-state index contributed by atoms with van der Waals surface area (Å²) in [5, 5.41) is 0. The van der Waals surface area contributed by atoms with Crippen LogP contribution in [-0.2, 0) is 6.42 Å². The van der Waals surface area contributed by atoms with Gasteiger partial charge in [0.2, 0.25) is 0 Å². The number of hydrogen-bond acceptors (Lipinski definition) is 1. The zero-order valence-electron chi connectivity index (χ0n) is 10.5. The molecule has 0 saturated carbocycles. The molecule has 2 nitrogen and oxygen atoms in total. The van der Waals surface area contributed by atoms with Crippen molar-refractivity contribution in [2.75, 3.05) is 14.1 Å². The van der Waals surface area contributed by atoms with E-state index < -0.39 is 0 Å². The number of carbonyl (C=O) groups is 1. The van der Waals surface area contributed by atoms with Crippen LogP contribution in [0, 0.1) is 0 Å². The van der Waals surface area contributed by atoms with Gasteiger partial charge in [-0.1, -0.05) is 38.0 Å². The molecule has 0 aliphatic heterocycles. The minimum Gasteiger partial charge on any atom is -0.345 e. The molecule has 1 rings (SSSR count). The molecule has 0 aliphatic rings. The van der Waals surface area contributed by atoms with Gasteiger partial charge in [0.05, 0.1) is 0 Å². The third kappa shape index (κ3) is 3.37. The van der Waals surface area contributed by atoms with E-state index in [1.54, 1.807) is 19.0 Å². The maximum Gasteiger partial charge on any atom is 0.253 e. The number of amides is 1. The van der Waals surface area contributed by atoms with E-state index in [2.05, 4.69) is 13.0 Å². The van der Waals surface area contributed by atoms with Crippen molar-refractivity contribution in [3.8, 4) is 0 Å². The first-order chi connectivity index (χ1) is 7.66. The molecule has 88 valence electrons. The van der Waals surface area contributed by atoms with Crippen LogP contribution in [-0.4, -0.2) is 24.9 Å². The van der Waals surface area contributed by atoms with E-state index in [9.17, 15) is 4.79 Å². The Morgan fingerprint density at radius 3 is 2.50 bits per heavy atom. The second-order valence-corrected chi connectivity index (χ2v) is 4.31. The SMILES string of the molecule is CCCCCc1ccccc1C(=O)N(C)C. The summed E-state index contributed by atoms with van der Waals surface area (Å²) in [6.07, 6.45) is 4.60. The minimum atomic E-state index is 0.104. The molecule has 0 aliphatic carbocycles. The summed E-state index contributed by atoms with van der Waals surface area (Å²) in [5.74, 6) is 0.104. The zero-order valence-corrected chi connectivity index (χ0v) is 10.5. The second kappa shape index (κ2) is 6.31. The Kier molecular flexibility index (Phi) is 5.03. The average molecular weight is 219 g/mol. The van der Waals surface area contributed by atoms with Crippen LogP contribution in [0.4, 0.5) is 0 Å². The van der Waals surface area contributed by atoms with Gasteiger partial charge in [0, 0.05) is 19.7 Å². The van der Waals surface area contributed by atoms with Gasteiger partial charge in [-0.05, 0) is 24.5 Å². The first-order valence-electron chi connectivity index (χ1n) is 5.96. The zero-order chi connectivity index (χ0) is 12.0. The maximum absolute atomic E-state index is 11.9. The number of benzene rings is 1. The largest absolute Gasteiger partial charge is 0.345 e. The van der Waals surface area contributed by atoms with E-state index in [0.717, 1.165) is 18.4 Å². The number of carbonyl (C=O) groups excluding carboxylic acids is 1. The monoisotopic (exact) mass is 219 g/mol. The number of unbranched alkanes of at least 4 members (excludes halogenated alkanes) is 2. The predicted octanol–water partition coefficient (Wildman–Crippen LogP) is 3.12. The van der Waals surface area contributed by atoms with Crippen LogP contribution in [0.5, 0.6) is 0 Å². The van der Waals surface area contributed by atoms with Crippen molar-refractivity contribution in [3.05, 3.63) is 35.4 Å². The predicted molar refractivity (Wildman–Crippen MR) is 67.7 cm³/mol. The molecule has 0 saturated heterocycles. The molecule has 0 fully saturated rings. The highest BCUT2D eigenvalue weighted by molar-refractivity contribution is 5.95. The molecule has 2 heteroatoms. The average Bonchev–Trinajstić information content (AvgIpc) is 2.29. The van der Waals surface area contributed by atoms with Gasteiger partial charge in [-0.2, -0.15) is 0 Å². The normalized spacial score (nSPS) is 10.2. The molecule has 0 bridgehead atoms. The van der Waals surface area contributed by atoms with E-state index in [0.29, 0.717) is 0 Å². The van der Waals surface area contributed by atoms with Crippen LogP contribution in [0.1, 0.15) is 42.1 Å². The van der Waals surface area contributed by atoms with E-state index in [4.69, 9.17) is 0 Å². The second-order valence-electron chi connectivity index (χ2n) is 4.31. The summed E-state index contributed by atoms with van der Waals surface area (Å²) in [6.45, 7) is 2.19. The molecule has 0 N–H and O–H groups in total. The summed E-state index contributed by atoms with van der Waals surface area (Å²) < 4.78 is 0. The van der Waals surface area contributed by atoms with Crippen LogP contribution >= 0.6 is 0 Å². The summed E-state index contributed by atoms with van der Waals surface area (Å²) in [6, 6.07) is 7.92. The molecule has 0 radical (unpaired) electrons. The standard InChI is InChI=1S/C14H21NO/c1-4-5-6-9-12-10-7-8-11-13(12)14(16)15(2)3/h7-8,10-11H,4-6,9H2,1-3H3. The highest BCUT2D eigenvalue weighted by atomic mass is 16.2. The fourth-order valence-electron chi connectivity index (χ4n) is 1.75. The number of rotatable bonds is 5. The summed E-state index contributed by atoms with van der Waals surface area (Å²) in [5.41, 5.74) is 2.03. The van der Waals surface area contributed by atoms with Crippen molar-refractivity contribution in [2.24, 2.45) is 0 Å². The molecule has 0 aromatic heterocycles. The van der Waals surface area contributed by atoms with Gasteiger partial charge in [0.15, 0.2) is 0 Å². The van der Waals surface area contributed by atoms with E-state index in [-0.39, 0.29) is 5.91 Å². The molecule has 1 aromatic carbocycles. The van der Waals surface area contributed by atoms with Gasteiger partial charge in [0.1, 0.15) is 0 Å². The van der Waals surface area contributed by atoms with Crippen molar-refractivity contribution >= 4 is 5.91 Å². The van der Waals surface area contributed by atoms with Crippen molar-refractivity contribution < 1.29 is 4.79 Å². The molecule has 16 heavy (non-hydrogen) atoms. The summed E-state index contributed by atoms with van der Waals surface area (Å²) in [4.78, 5) is 13.6. The number of nitrogens with zero attached hydrogens (tertiary/aromatic N) is 1. The van der Waals surface area contributed by atoms with E-state index in [1.807, 2.05) is 18.2 Å². The van der Waals surface area contributed by atoms with Crippen LogP contribution in [0.25, 0.3) is 0 Å². The third-order valence-corrected chi connectivity index (χ3v) is 2.70. The molecule has 0 unspecified atom stereocenters. The smallest absolute Gasteiger partial charge is 0.253 e. The molecule has 1 aromatic rings. The highest BCUT2D eigenvalue weighted by Crippen LogP contribution is 2.14. The fourth-order valence-corrected chi connectivity index (χ4v) is 1.75. The lowest BCUT2D eigenvalue weighted by Crippen LogP contribution is -2.22. The van der Waals surface area contributed by atoms with Crippen LogP contribution in [0.3, 0.4) is 0 Å². The number of aryl methyl sites for hydroxylation is 1. The summed E-state index contributed by atoms with van der Waals surface area (Å²) >= 11 is 0. The Morgan fingerprint density at radius 2 is 1.88 bits per heavy atom. The Bertz CT molecular complexity index is 344. The van der Waals surface area contributed by atoms with Crippen molar-refractivity contribution in [2.45, 2.75) is 32.6 Å². The first-order valence-corrected chi connectivity index (χ1v) is 5.96. The van der Waals surface area contributed by atoms with Crippen molar-refractivity contribution in [1.29, 1.82) is 0 Å². The molecule has 0 spiro atoms. The lowest BCUT2D eigenvalue weighted by molar-refractivity contribution is 0.0826. The van der Waals surface area contributed by atoms with Gasteiger partial charge in [0.25, 0.3) is 5.91 Å². The Labute approximate surface area is 98.3 Å². The molecule has 0 atom stereocenters. The van der Waals surface area contributed by atoms with Crippen LogP contribution in [0.15, 0.2) is 24.3 Å². The van der Waals surface area contributed by atoms with Crippen molar-refractivity contribution in [3.63, 3.8) is 0 Å². The lowest BCUT2D eigenvalue weighted by Gasteiger charge is -2.13. The maximum atomic E-state index is 11.9. The molecular formula is C14H21NO. The van der Waals surface area contributed by atoms with E-state index >= 15 is 0 Å². The van der Waals surface area contributed by atoms with Gasteiger partial charge >= 0.3 is 0 Å². The van der Waals surface area contributed by atoms with Gasteiger partial charge in [-0.25, -0.2) is 0 Å². The Hall–Kier alpha value is -1.31. The molecule has 1 amide bonds. The minimum absolute atomic E-state index is 0.104. The third-order valence-electron chi connectivity index (χ3n) is 2.70. The lowest BCUT2D eigenvalue weighted by atomic mass is 10.0. The molecule has 0 heterocycles. The Morgan fingerprint density at radius 1 is 1.19 bits per heavy atom. The first kappa shape index (κ1) is 12.8. The number of hydrogen-bond donors (Lipinski definition) is 0. The Balaban J connectivity index is 2.79.